The van der Waals surface area contributed by atoms with Gasteiger partial charge in [-0.3, -0.25) is 4.79 Å². The molecule has 1 amide bonds. The summed E-state index contributed by atoms with van der Waals surface area (Å²) in [6.45, 7) is 2.76. The number of anilines is 1. The van der Waals surface area contributed by atoms with E-state index in [1.54, 1.807) is 19.1 Å². The molecule has 0 aliphatic carbocycles. The van der Waals surface area contributed by atoms with Gasteiger partial charge in [0.2, 0.25) is 5.91 Å². The van der Waals surface area contributed by atoms with Crippen molar-refractivity contribution in [3.8, 4) is 17.1 Å². The van der Waals surface area contributed by atoms with E-state index < -0.39 is 0 Å². The van der Waals surface area contributed by atoms with Gasteiger partial charge in [0.1, 0.15) is 5.75 Å². The minimum Gasteiger partial charge on any atom is -0.497 e. The van der Waals surface area contributed by atoms with Crippen LogP contribution in [0.5, 0.6) is 5.75 Å². The highest BCUT2D eigenvalue weighted by Crippen LogP contribution is 2.26. The van der Waals surface area contributed by atoms with Crippen molar-refractivity contribution in [2.45, 2.75) is 18.6 Å². The Balaban J connectivity index is 1.72. The Kier molecular flexibility index (Phi) is 6.13. The van der Waals surface area contributed by atoms with Gasteiger partial charge in [-0.05, 0) is 43.3 Å². The number of benzene rings is 2. The van der Waals surface area contributed by atoms with Crippen molar-refractivity contribution in [3.05, 3.63) is 54.6 Å². The van der Waals surface area contributed by atoms with Crippen LogP contribution in [0.25, 0.3) is 11.4 Å². The average Bonchev–Trinajstić information content (AvgIpc) is 3.15. The molecule has 2 aromatic carbocycles. The van der Waals surface area contributed by atoms with Crippen LogP contribution >= 0.6 is 11.8 Å². The van der Waals surface area contributed by atoms with E-state index in [4.69, 9.17) is 4.74 Å². The van der Waals surface area contributed by atoms with E-state index in [-0.39, 0.29) is 5.91 Å². The zero-order valence-corrected chi connectivity index (χ0v) is 16.4. The molecule has 0 radical (unpaired) electrons. The zero-order chi connectivity index (χ0) is 19.2. The van der Waals surface area contributed by atoms with Gasteiger partial charge in [0.15, 0.2) is 11.0 Å². The van der Waals surface area contributed by atoms with Crippen molar-refractivity contribution in [3.63, 3.8) is 0 Å². The molecule has 6 nitrogen and oxygen atoms in total. The third-order valence-corrected chi connectivity index (χ3v) is 5.18. The van der Waals surface area contributed by atoms with Crippen LogP contribution in [0.2, 0.25) is 0 Å². The summed E-state index contributed by atoms with van der Waals surface area (Å²) in [5, 5.41) is 9.34. The first-order valence-electron chi connectivity index (χ1n) is 8.66. The number of amides is 1. The number of hydrogen-bond acceptors (Lipinski definition) is 5. The summed E-state index contributed by atoms with van der Waals surface area (Å²) in [6.07, 6.45) is 0. The van der Waals surface area contributed by atoms with Gasteiger partial charge in [-0.1, -0.05) is 30.0 Å². The lowest BCUT2D eigenvalue weighted by Crippen LogP contribution is -2.27. The van der Waals surface area contributed by atoms with Crippen LogP contribution in [-0.2, 0) is 11.3 Å². The smallest absolute Gasteiger partial charge is 0.237 e. The number of thioether (sulfide) groups is 1. The molecule has 0 saturated carbocycles. The minimum atomic E-state index is 0.0165. The number of ether oxygens (including phenoxy) is 1. The summed E-state index contributed by atoms with van der Waals surface area (Å²) in [6, 6.07) is 17.3. The highest BCUT2D eigenvalue weighted by molar-refractivity contribution is 7.99. The molecular formula is C20H22N4O2S. The molecule has 3 rings (SSSR count). The van der Waals surface area contributed by atoms with Crippen LogP contribution in [0.1, 0.15) is 6.92 Å². The molecule has 0 spiro atoms. The zero-order valence-electron chi connectivity index (χ0n) is 15.6. The number of rotatable bonds is 7. The maximum absolute atomic E-state index is 12.5. The van der Waals surface area contributed by atoms with Crippen molar-refractivity contribution < 1.29 is 9.53 Å². The predicted octanol–water partition coefficient (Wildman–Crippen LogP) is 3.73. The summed E-state index contributed by atoms with van der Waals surface area (Å²) in [7, 11) is 3.42. The maximum atomic E-state index is 12.5. The molecule has 0 bridgehead atoms. The second-order valence-electron chi connectivity index (χ2n) is 5.86. The van der Waals surface area contributed by atoms with Crippen molar-refractivity contribution >= 4 is 23.4 Å². The van der Waals surface area contributed by atoms with Gasteiger partial charge < -0.3 is 14.2 Å². The van der Waals surface area contributed by atoms with Crippen molar-refractivity contribution in [2.24, 2.45) is 0 Å². The van der Waals surface area contributed by atoms with E-state index in [0.717, 1.165) is 34.5 Å². The monoisotopic (exact) mass is 382 g/mol. The van der Waals surface area contributed by atoms with Crippen LogP contribution < -0.4 is 9.64 Å². The number of para-hydroxylation sites is 1. The Morgan fingerprint density at radius 1 is 1.11 bits per heavy atom. The Hall–Kier alpha value is -2.80. The van der Waals surface area contributed by atoms with E-state index in [9.17, 15) is 4.79 Å². The quantitative estimate of drug-likeness (QED) is 0.583. The molecule has 1 heterocycles. The SMILES string of the molecule is CCn1c(SCC(=O)N(C)c2ccccc2)nnc1-c1ccc(OC)cc1. The second-order valence-corrected chi connectivity index (χ2v) is 6.80. The average molecular weight is 382 g/mol. The number of methoxy groups -OCH3 is 1. The third-order valence-electron chi connectivity index (χ3n) is 4.22. The molecule has 0 atom stereocenters. The Labute approximate surface area is 163 Å². The molecule has 7 heteroatoms. The molecule has 0 aliphatic rings. The molecule has 140 valence electrons. The first-order valence-corrected chi connectivity index (χ1v) is 9.64. The van der Waals surface area contributed by atoms with Crippen LogP contribution in [0.15, 0.2) is 59.8 Å². The number of carbonyl (C=O) groups excluding carboxylic acids is 1. The largest absolute Gasteiger partial charge is 0.497 e. The molecular weight excluding hydrogens is 360 g/mol. The standard InChI is InChI=1S/C20H22N4O2S/c1-4-24-19(15-10-12-17(26-3)13-11-15)21-22-20(24)27-14-18(25)23(2)16-8-6-5-7-9-16/h5-13H,4,14H2,1-3H3. The molecule has 3 aromatic rings. The maximum Gasteiger partial charge on any atom is 0.237 e. The molecule has 0 N–H and O–H groups in total. The number of aromatic nitrogens is 3. The van der Waals surface area contributed by atoms with Gasteiger partial charge in [-0.2, -0.15) is 0 Å². The lowest BCUT2D eigenvalue weighted by atomic mass is 10.2. The summed E-state index contributed by atoms with van der Waals surface area (Å²) < 4.78 is 7.22. The predicted molar refractivity (Wildman–Crippen MR) is 108 cm³/mol. The summed E-state index contributed by atoms with van der Waals surface area (Å²) in [5.74, 6) is 1.89. The van der Waals surface area contributed by atoms with Crippen LogP contribution in [-0.4, -0.2) is 40.6 Å². The van der Waals surface area contributed by atoms with E-state index >= 15 is 0 Å². The molecule has 0 saturated heterocycles. The van der Waals surface area contributed by atoms with Gasteiger partial charge in [-0.15, -0.1) is 10.2 Å². The second kappa shape index (κ2) is 8.73. The first-order chi connectivity index (χ1) is 13.1. The number of nitrogens with zero attached hydrogens (tertiary/aromatic N) is 4. The van der Waals surface area contributed by atoms with Gasteiger partial charge in [-0.25, -0.2) is 0 Å². The fourth-order valence-electron chi connectivity index (χ4n) is 2.65. The fourth-order valence-corrected chi connectivity index (χ4v) is 3.57. The van der Waals surface area contributed by atoms with Gasteiger partial charge in [0.05, 0.1) is 12.9 Å². The van der Waals surface area contributed by atoms with Crippen molar-refractivity contribution in [2.75, 3.05) is 24.8 Å². The lowest BCUT2D eigenvalue weighted by molar-refractivity contribution is -0.115. The molecule has 0 unspecified atom stereocenters. The summed E-state index contributed by atoms with van der Waals surface area (Å²) >= 11 is 1.40. The molecule has 0 fully saturated rings. The fraction of sp³-hybridized carbons (Fsp3) is 0.250. The van der Waals surface area contributed by atoms with Gasteiger partial charge in [0.25, 0.3) is 0 Å². The first kappa shape index (κ1) is 19.0. The minimum absolute atomic E-state index is 0.0165. The highest BCUT2D eigenvalue weighted by Gasteiger charge is 2.16. The highest BCUT2D eigenvalue weighted by atomic mass is 32.2. The molecule has 0 aliphatic heterocycles. The third kappa shape index (κ3) is 4.31. The normalized spacial score (nSPS) is 10.6. The van der Waals surface area contributed by atoms with E-state index in [2.05, 4.69) is 10.2 Å². The topological polar surface area (TPSA) is 60.2 Å². The Bertz CT molecular complexity index is 894. The summed E-state index contributed by atoms with van der Waals surface area (Å²) in [5.41, 5.74) is 1.84. The number of carbonyl (C=O) groups is 1. The Morgan fingerprint density at radius 2 is 1.81 bits per heavy atom. The van der Waals surface area contributed by atoms with Gasteiger partial charge in [0, 0.05) is 24.8 Å². The molecule has 1 aromatic heterocycles. The lowest BCUT2D eigenvalue weighted by Gasteiger charge is -2.16. The van der Waals surface area contributed by atoms with Gasteiger partial charge >= 0.3 is 0 Å². The number of hydrogen-bond donors (Lipinski definition) is 0. The molecule has 27 heavy (non-hydrogen) atoms. The summed E-state index contributed by atoms with van der Waals surface area (Å²) in [4.78, 5) is 14.2. The van der Waals surface area contributed by atoms with E-state index in [0.29, 0.717) is 5.75 Å². The van der Waals surface area contributed by atoms with Crippen molar-refractivity contribution in [1.29, 1.82) is 0 Å². The van der Waals surface area contributed by atoms with E-state index in [1.165, 1.54) is 11.8 Å². The van der Waals surface area contributed by atoms with Crippen LogP contribution in [0.3, 0.4) is 0 Å². The Morgan fingerprint density at radius 3 is 2.44 bits per heavy atom. The van der Waals surface area contributed by atoms with Crippen LogP contribution in [0.4, 0.5) is 5.69 Å². The van der Waals surface area contributed by atoms with Crippen molar-refractivity contribution in [1.82, 2.24) is 14.8 Å². The van der Waals surface area contributed by atoms with Crippen LogP contribution in [0, 0.1) is 0 Å². The van der Waals surface area contributed by atoms with E-state index in [1.807, 2.05) is 66.1 Å².